The van der Waals surface area contributed by atoms with Crippen molar-refractivity contribution in [2.24, 2.45) is 11.8 Å². The van der Waals surface area contributed by atoms with Crippen molar-refractivity contribution < 1.29 is 38.2 Å². The number of likely N-dealkylation sites (tertiary alicyclic amines) is 1. The van der Waals surface area contributed by atoms with Gasteiger partial charge in [0, 0.05) is 37.9 Å². The Morgan fingerprint density at radius 3 is 1.99 bits per heavy atom. The van der Waals surface area contributed by atoms with Gasteiger partial charge in [0.25, 0.3) is 0 Å². The Labute approximate surface area is 416 Å². The minimum absolute atomic E-state index is 0.0425. The van der Waals surface area contributed by atoms with Crippen LogP contribution >= 0.6 is 0 Å². The summed E-state index contributed by atoms with van der Waals surface area (Å²) in [6.45, 7) is 17.5. The lowest BCUT2D eigenvalue weighted by atomic mass is 9.59. The summed E-state index contributed by atoms with van der Waals surface area (Å²) in [4.78, 5) is 78.5. The predicted molar refractivity (Wildman–Crippen MR) is 272 cm³/mol. The first-order valence-electron chi connectivity index (χ1n) is 25.7. The number of ether oxygens (including phenoxy) is 3. The highest BCUT2D eigenvalue weighted by molar-refractivity contribution is 5.97. The number of piperidine rings is 2. The van der Waals surface area contributed by atoms with Crippen molar-refractivity contribution in [1.82, 2.24) is 31.1 Å². The van der Waals surface area contributed by atoms with Crippen molar-refractivity contribution in [3.8, 4) is 5.75 Å². The van der Waals surface area contributed by atoms with Crippen LogP contribution in [0.4, 0.5) is 4.79 Å². The molecule has 14 heteroatoms. The fourth-order valence-electron chi connectivity index (χ4n) is 11.1. The first kappa shape index (κ1) is 53.9. The molecular weight excluding hydrogens is 885 g/mol. The lowest BCUT2D eigenvalue weighted by Crippen LogP contribution is -2.79. The SMILES string of the molecule is CCOc1ccc(C[C@@H](NC(=O)OC(C)(C)C)C(=O)N[C@H](C(=O)N(C)[C@H](Cc2ccccc2)C(=O)N2CCC(C3(C)CCCCN3)[C@]2(C(=O)OCc2ccccc2)C2(C)CCCCN2)[C@@H](C)CC)cc1. The van der Waals surface area contributed by atoms with E-state index in [-0.39, 0.29) is 43.7 Å². The van der Waals surface area contributed by atoms with Gasteiger partial charge in [-0.1, -0.05) is 106 Å². The Balaban J connectivity index is 1.40. The molecule has 14 nitrogen and oxygen atoms in total. The Morgan fingerprint density at radius 1 is 0.800 bits per heavy atom. The summed E-state index contributed by atoms with van der Waals surface area (Å²) in [6, 6.07) is 23.2. The maximum absolute atomic E-state index is 16.2. The summed E-state index contributed by atoms with van der Waals surface area (Å²) >= 11 is 0. The minimum Gasteiger partial charge on any atom is -0.494 e. The molecule has 3 heterocycles. The van der Waals surface area contributed by atoms with Crippen molar-refractivity contribution >= 4 is 29.8 Å². The molecule has 0 saturated carbocycles. The number of nitrogens with zero attached hydrogens (tertiary/aromatic N) is 2. The average Bonchev–Trinajstić information content (AvgIpc) is 3.78. The fourth-order valence-corrected chi connectivity index (χ4v) is 11.1. The zero-order valence-corrected chi connectivity index (χ0v) is 43.2. The van der Waals surface area contributed by atoms with E-state index in [2.05, 4.69) is 35.1 Å². The number of alkyl carbamates (subject to hydrolysis) is 1. The van der Waals surface area contributed by atoms with Gasteiger partial charge >= 0.3 is 12.1 Å². The van der Waals surface area contributed by atoms with Crippen LogP contribution in [0, 0.1) is 11.8 Å². The molecular formula is C56H80N6O8. The van der Waals surface area contributed by atoms with Gasteiger partial charge in [0.05, 0.1) is 12.1 Å². The molecule has 8 atom stereocenters. The molecule has 4 amide bonds. The summed E-state index contributed by atoms with van der Waals surface area (Å²) in [6.07, 6.45) is 5.81. The van der Waals surface area contributed by atoms with Crippen LogP contribution in [-0.4, -0.2) is 113 Å². The van der Waals surface area contributed by atoms with E-state index in [1.807, 2.05) is 106 Å². The highest BCUT2D eigenvalue weighted by atomic mass is 16.6. The van der Waals surface area contributed by atoms with E-state index in [1.165, 1.54) is 4.90 Å². The molecule has 3 unspecified atom stereocenters. The molecule has 0 aromatic heterocycles. The van der Waals surface area contributed by atoms with Crippen LogP contribution in [0.5, 0.6) is 5.75 Å². The van der Waals surface area contributed by atoms with Gasteiger partial charge in [-0.05, 0) is 121 Å². The van der Waals surface area contributed by atoms with E-state index >= 15 is 14.4 Å². The quantitative estimate of drug-likeness (QED) is 0.0883. The van der Waals surface area contributed by atoms with E-state index < -0.39 is 64.2 Å². The highest BCUT2D eigenvalue weighted by Crippen LogP contribution is 2.53. The van der Waals surface area contributed by atoms with Crippen LogP contribution in [0.25, 0.3) is 0 Å². The summed E-state index contributed by atoms with van der Waals surface area (Å²) in [5.41, 5.74) is -1.26. The lowest BCUT2D eigenvalue weighted by molar-refractivity contribution is -0.179. The summed E-state index contributed by atoms with van der Waals surface area (Å²) < 4.78 is 17.7. The van der Waals surface area contributed by atoms with Gasteiger partial charge in [0.2, 0.25) is 17.7 Å². The minimum atomic E-state index is -1.47. The van der Waals surface area contributed by atoms with Gasteiger partial charge in [0.1, 0.15) is 36.1 Å². The molecule has 3 fully saturated rings. The lowest BCUT2D eigenvalue weighted by Gasteiger charge is -2.58. The number of amides is 4. The summed E-state index contributed by atoms with van der Waals surface area (Å²) in [5.74, 6) is -1.91. The molecule has 6 rings (SSSR count). The third-order valence-corrected chi connectivity index (χ3v) is 15.1. The number of esters is 1. The standard InChI is InChI=1S/C56H80N6O8/c1-10-39(3)47(60-48(63)44(59-52(67)70-53(4,5)6)36-41-26-28-43(29-27-41)68-11-2)50(65)61(9)45(37-40-22-14-12-15-23-40)49(64)62-35-30-46(54(7)31-18-20-33-57-54)56(62,55(8)32-19-21-34-58-55)51(66)69-38-42-24-16-13-17-25-42/h12-17,22-29,39,44-47,57-58H,10-11,18-21,30-38H2,1-9H3,(H,59,67)(H,60,63)/t39-,44+,45+,46?,47-,54?,55?,56-/m0/s1. The predicted octanol–water partition coefficient (Wildman–Crippen LogP) is 7.52. The fraction of sp³-hybridized carbons (Fsp3) is 0.589. The molecule has 3 saturated heterocycles. The Hall–Kier alpha value is -5.47. The molecule has 0 spiro atoms. The molecule has 70 heavy (non-hydrogen) atoms. The molecule has 4 N–H and O–H groups in total. The molecule has 3 aliphatic rings. The van der Waals surface area contributed by atoms with Gasteiger partial charge in [-0.25, -0.2) is 9.59 Å². The van der Waals surface area contributed by atoms with Gasteiger partial charge in [-0.2, -0.15) is 0 Å². The maximum atomic E-state index is 16.2. The van der Waals surface area contributed by atoms with Crippen molar-refractivity contribution in [1.29, 1.82) is 0 Å². The molecule has 3 aliphatic heterocycles. The van der Waals surface area contributed by atoms with Crippen molar-refractivity contribution in [3.05, 3.63) is 102 Å². The van der Waals surface area contributed by atoms with Crippen LogP contribution in [0.2, 0.25) is 0 Å². The second-order valence-electron chi connectivity index (χ2n) is 21.2. The first-order chi connectivity index (χ1) is 33.4. The second-order valence-corrected chi connectivity index (χ2v) is 21.2. The van der Waals surface area contributed by atoms with E-state index in [1.54, 1.807) is 32.7 Å². The number of rotatable bonds is 19. The van der Waals surface area contributed by atoms with E-state index in [4.69, 9.17) is 14.2 Å². The maximum Gasteiger partial charge on any atom is 0.408 e. The molecule has 0 bridgehead atoms. The van der Waals surface area contributed by atoms with Crippen LogP contribution in [0.1, 0.15) is 123 Å². The third kappa shape index (κ3) is 12.5. The summed E-state index contributed by atoms with van der Waals surface area (Å²) in [5, 5.41) is 13.4. The zero-order valence-electron chi connectivity index (χ0n) is 43.2. The van der Waals surface area contributed by atoms with Gasteiger partial charge in [-0.15, -0.1) is 0 Å². The van der Waals surface area contributed by atoms with Crippen LogP contribution in [-0.2, 0) is 48.1 Å². The van der Waals surface area contributed by atoms with Crippen LogP contribution in [0.3, 0.4) is 0 Å². The second kappa shape index (κ2) is 23.6. The summed E-state index contributed by atoms with van der Waals surface area (Å²) in [7, 11) is 1.62. The number of likely N-dealkylation sites (N-methyl/N-ethyl adjacent to an activating group) is 1. The third-order valence-electron chi connectivity index (χ3n) is 15.1. The van der Waals surface area contributed by atoms with Crippen molar-refractivity contribution in [2.75, 3.05) is 33.3 Å². The number of carbonyl (C=O) groups excluding carboxylic acids is 5. The average molecular weight is 965 g/mol. The molecule has 3 aromatic rings. The first-order valence-corrected chi connectivity index (χ1v) is 25.7. The van der Waals surface area contributed by atoms with Gasteiger partial charge < -0.3 is 45.3 Å². The topological polar surface area (TPSA) is 168 Å². The molecule has 382 valence electrons. The van der Waals surface area contributed by atoms with Gasteiger partial charge in [0.15, 0.2) is 5.54 Å². The van der Waals surface area contributed by atoms with Crippen molar-refractivity contribution in [2.45, 2.75) is 167 Å². The smallest absolute Gasteiger partial charge is 0.408 e. The number of nitrogens with one attached hydrogen (secondary N) is 4. The molecule has 0 aliphatic carbocycles. The number of hydrogen-bond acceptors (Lipinski definition) is 10. The number of hydrogen-bond donors (Lipinski definition) is 4. The van der Waals surface area contributed by atoms with Crippen LogP contribution < -0.4 is 26.0 Å². The van der Waals surface area contributed by atoms with E-state index in [9.17, 15) is 9.59 Å². The highest BCUT2D eigenvalue weighted by Gasteiger charge is 2.70. The molecule has 0 radical (unpaired) electrons. The Morgan fingerprint density at radius 2 is 1.41 bits per heavy atom. The number of carbonyl (C=O) groups is 5. The number of benzene rings is 3. The Kier molecular flexibility index (Phi) is 18.2. The molecule has 3 aromatic carbocycles. The van der Waals surface area contributed by atoms with E-state index in [0.29, 0.717) is 38.2 Å². The monoisotopic (exact) mass is 965 g/mol. The largest absolute Gasteiger partial charge is 0.494 e. The Bertz CT molecular complexity index is 2210. The zero-order chi connectivity index (χ0) is 50.7. The van der Waals surface area contributed by atoms with E-state index in [0.717, 1.165) is 55.3 Å². The van der Waals surface area contributed by atoms with Crippen LogP contribution in [0.15, 0.2) is 84.9 Å². The van der Waals surface area contributed by atoms with Crippen molar-refractivity contribution in [3.63, 3.8) is 0 Å². The normalized spacial score (nSPS) is 24.3. The van der Waals surface area contributed by atoms with Gasteiger partial charge in [-0.3, -0.25) is 14.4 Å².